The molecule has 110 valence electrons. The summed E-state index contributed by atoms with van der Waals surface area (Å²) in [6.45, 7) is 0. The van der Waals surface area contributed by atoms with Gasteiger partial charge in [0.1, 0.15) is 5.75 Å². The third-order valence-corrected chi connectivity index (χ3v) is 2.92. The van der Waals surface area contributed by atoms with Gasteiger partial charge in [-0.15, -0.1) is 0 Å². The van der Waals surface area contributed by atoms with Crippen LogP contribution in [0.3, 0.4) is 0 Å². The third-order valence-electron chi connectivity index (χ3n) is 2.92. The Balaban J connectivity index is 0.000000211. The maximum atomic E-state index is 10.6. The molecule has 0 aliphatic rings. The first-order valence-electron chi connectivity index (χ1n) is 6.71. The number of nitro groups is 1. The number of non-ortho nitro benzene ring substituents is 1. The molecule has 0 aliphatic heterocycles. The molecule has 0 aromatic heterocycles. The molecular formula is C18H15NO3. The topological polar surface area (TPSA) is 63.4 Å². The van der Waals surface area contributed by atoms with Crippen LogP contribution in [0.2, 0.25) is 0 Å². The summed E-state index contributed by atoms with van der Waals surface area (Å²) in [4.78, 5) is 10.2. The Morgan fingerprint density at radius 1 is 0.727 bits per heavy atom. The van der Waals surface area contributed by atoms with E-state index in [1.54, 1.807) is 36.4 Å². The fraction of sp³-hybridized carbons (Fsp3) is 0. The molecule has 3 aromatic carbocycles. The summed E-state index contributed by atoms with van der Waals surface area (Å²) < 4.78 is 0. The number of nitro benzene ring substituents is 1. The summed E-state index contributed by atoms with van der Waals surface area (Å²) in [7, 11) is 0. The van der Waals surface area contributed by atoms with Crippen molar-refractivity contribution >= 4 is 5.69 Å². The summed E-state index contributed by atoms with van der Waals surface area (Å²) in [5.41, 5.74) is 1.97. The first-order chi connectivity index (χ1) is 10.7. The number of para-hydroxylation sites is 1. The van der Waals surface area contributed by atoms with E-state index in [2.05, 4.69) is 0 Å². The lowest BCUT2D eigenvalue weighted by Crippen LogP contribution is -1.87. The monoisotopic (exact) mass is 293 g/mol. The molecule has 0 bridgehead atoms. The zero-order valence-corrected chi connectivity index (χ0v) is 11.8. The molecule has 0 heterocycles. The van der Waals surface area contributed by atoms with Crippen LogP contribution >= 0.6 is 0 Å². The molecule has 0 spiro atoms. The van der Waals surface area contributed by atoms with Crippen molar-refractivity contribution in [1.82, 2.24) is 0 Å². The normalized spacial score (nSPS) is 9.45. The largest absolute Gasteiger partial charge is 0.508 e. The molecule has 0 amide bonds. The zero-order valence-electron chi connectivity index (χ0n) is 11.8. The van der Waals surface area contributed by atoms with Crippen molar-refractivity contribution < 1.29 is 10.0 Å². The molecule has 0 aliphatic carbocycles. The quantitative estimate of drug-likeness (QED) is 0.552. The Morgan fingerprint density at radius 3 is 1.77 bits per heavy atom. The van der Waals surface area contributed by atoms with E-state index < -0.39 is 0 Å². The van der Waals surface area contributed by atoms with Crippen molar-refractivity contribution in [3.8, 4) is 16.9 Å². The molecule has 0 fully saturated rings. The Kier molecular flexibility index (Phi) is 5.26. The molecule has 3 aromatic rings. The second kappa shape index (κ2) is 7.59. The van der Waals surface area contributed by atoms with E-state index in [0.29, 0.717) is 5.75 Å². The number of hydrogen-bond donors (Lipinski definition) is 1. The van der Waals surface area contributed by atoms with Gasteiger partial charge in [-0.2, -0.15) is 0 Å². The van der Waals surface area contributed by atoms with Crippen molar-refractivity contribution in [1.29, 1.82) is 0 Å². The molecule has 0 radical (unpaired) electrons. The molecule has 3 rings (SSSR count). The average Bonchev–Trinajstić information content (AvgIpc) is 2.57. The van der Waals surface area contributed by atoms with Gasteiger partial charge in [0.25, 0.3) is 5.69 Å². The fourth-order valence-electron chi connectivity index (χ4n) is 1.86. The maximum absolute atomic E-state index is 10.6. The second-order valence-corrected chi connectivity index (χ2v) is 4.51. The Morgan fingerprint density at radius 2 is 1.27 bits per heavy atom. The van der Waals surface area contributed by atoms with Gasteiger partial charge in [0, 0.05) is 12.1 Å². The van der Waals surface area contributed by atoms with Gasteiger partial charge in [0.05, 0.1) is 4.92 Å². The van der Waals surface area contributed by atoms with E-state index in [-0.39, 0.29) is 10.6 Å². The van der Waals surface area contributed by atoms with Gasteiger partial charge in [0.2, 0.25) is 0 Å². The summed E-state index contributed by atoms with van der Waals surface area (Å²) >= 11 is 0. The van der Waals surface area contributed by atoms with Crippen molar-refractivity contribution in [3.63, 3.8) is 0 Å². The Hall–Kier alpha value is -3.14. The molecule has 0 atom stereocenters. The molecule has 1 N–H and O–H groups in total. The summed E-state index contributed by atoms with van der Waals surface area (Å²) in [6, 6.07) is 24.9. The van der Waals surface area contributed by atoms with Crippen molar-refractivity contribution in [2.45, 2.75) is 0 Å². The number of nitrogens with zero attached hydrogens (tertiary/aromatic N) is 1. The van der Waals surface area contributed by atoms with Crippen LogP contribution in [0.5, 0.6) is 5.75 Å². The highest BCUT2D eigenvalue weighted by Gasteiger charge is 2.05. The van der Waals surface area contributed by atoms with Gasteiger partial charge in [-0.3, -0.25) is 10.1 Å². The van der Waals surface area contributed by atoms with Gasteiger partial charge in [0.15, 0.2) is 0 Å². The van der Waals surface area contributed by atoms with Crippen LogP contribution in [-0.4, -0.2) is 10.0 Å². The second-order valence-electron chi connectivity index (χ2n) is 4.51. The van der Waals surface area contributed by atoms with Crippen LogP contribution < -0.4 is 0 Å². The summed E-state index contributed by atoms with van der Waals surface area (Å²) in [5.74, 6) is 0.322. The Bertz CT molecular complexity index is 728. The van der Waals surface area contributed by atoms with Gasteiger partial charge in [-0.05, 0) is 23.3 Å². The predicted octanol–water partition coefficient (Wildman–Crippen LogP) is 4.65. The van der Waals surface area contributed by atoms with Gasteiger partial charge < -0.3 is 5.11 Å². The third kappa shape index (κ3) is 4.45. The predicted molar refractivity (Wildman–Crippen MR) is 86.6 cm³/mol. The molecular weight excluding hydrogens is 278 g/mol. The van der Waals surface area contributed by atoms with E-state index in [4.69, 9.17) is 5.11 Å². The van der Waals surface area contributed by atoms with Gasteiger partial charge in [-0.25, -0.2) is 0 Å². The summed E-state index contributed by atoms with van der Waals surface area (Å²) in [5, 5.41) is 19.2. The zero-order chi connectivity index (χ0) is 15.8. The molecule has 0 unspecified atom stereocenters. The maximum Gasteiger partial charge on any atom is 0.270 e. The highest BCUT2D eigenvalue weighted by atomic mass is 16.6. The minimum atomic E-state index is -0.382. The fourth-order valence-corrected chi connectivity index (χ4v) is 1.86. The van der Waals surface area contributed by atoms with Gasteiger partial charge in [-0.1, -0.05) is 60.7 Å². The van der Waals surface area contributed by atoms with E-state index >= 15 is 0 Å². The van der Waals surface area contributed by atoms with Gasteiger partial charge >= 0.3 is 0 Å². The number of hydrogen-bond acceptors (Lipinski definition) is 3. The van der Waals surface area contributed by atoms with Crippen LogP contribution in [0.1, 0.15) is 0 Å². The summed E-state index contributed by atoms with van der Waals surface area (Å²) in [6.07, 6.45) is 0. The first-order valence-corrected chi connectivity index (χ1v) is 6.71. The average molecular weight is 293 g/mol. The van der Waals surface area contributed by atoms with Crippen LogP contribution in [0.4, 0.5) is 5.69 Å². The van der Waals surface area contributed by atoms with E-state index in [1.165, 1.54) is 6.07 Å². The van der Waals surface area contributed by atoms with E-state index in [1.807, 2.05) is 42.5 Å². The highest BCUT2D eigenvalue weighted by Crippen LogP contribution is 2.23. The number of rotatable bonds is 2. The lowest BCUT2D eigenvalue weighted by Gasteiger charge is -2.00. The van der Waals surface area contributed by atoms with Crippen LogP contribution in [0.15, 0.2) is 84.9 Å². The molecule has 4 nitrogen and oxygen atoms in total. The van der Waals surface area contributed by atoms with Crippen molar-refractivity contribution in [2.24, 2.45) is 0 Å². The lowest BCUT2D eigenvalue weighted by molar-refractivity contribution is -0.384. The number of phenols is 1. The van der Waals surface area contributed by atoms with Crippen LogP contribution in [-0.2, 0) is 0 Å². The smallest absolute Gasteiger partial charge is 0.270 e. The number of aromatic hydroxyl groups is 1. The van der Waals surface area contributed by atoms with Crippen LogP contribution in [0, 0.1) is 10.1 Å². The standard InChI is InChI=1S/C12H9NO2.C6H6O/c14-13(15)12-8-4-7-11(9-12)10-5-2-1-3-6-10;7-6-4-2-1-3-5-6/h1-9H;1-5,7H. The number of phenolic OH excluding ortho intramolecular Hbond substituents is 1. The van der Waals surface area contributed by atoms with Crippen LogP contribution in [0.25, 0.3) is 11.1 Å². The minimum absolute atomic E-state index is 0.122. The highest BCUT2D eigenvalue weighted by molar-refractivity contribution is 5.65. The SMILES string of the molecule is O=[N+]([O-])c1cccc(-c2ccccc2)c1.Oc1ccccc1. The molecule has 4 heteroatoms. The molecule has 22 heavy (non-hydrogen) atoms. The van der Waals surface area contributed by atoms with E-state index in [9.17, 15) is 10.1 Å². The molecule has 0 saturated carbocycles. The minimum Gasteiger partial charge on any atom is -0.508 e. The van der Waals surface area contributed by atoms with E-state index in [0.717, 1.165) is 11.1 Å². The molecule has 0 saturated heterocycles. The van der Waals surface area contributed by atoms with Crippen molar-refractivity contribution in [2.75, 3.05) is 0 Å². The lowest BCUT2D eigenvalue weighted by atomic mass is 10.1. The van der Waals surface area contributed by atoms with Crippen molar-refractivity contribution in [3.05, 3.63) is 95.0 Å². The first kappa shape index (κ1) is 15.3. The number of benzene rings is 3. The Labute approximate surface area is 128 Å².